The molecule has 1 aliphatic rings. The summed E-state index contributed by atoms with van der Waals surface area (Å²) in [6, 6.07) is 0. The van der Waals surface area contributed by atoms with Crippen LogP contribution in [0, 0.1) is 0 Å². The van der Waals surface area contributed by atoms with E-state index in [1.165, 1.54) is 70.6 Å². The molecule has 24 heavy (non-hydrogen) atoms. The van der Waals surface area contributed by atoms with Gasteiger partial charge in [0.15, 0.2) is 0 Å². The molecule has 1 rings (SSSR count). The van der Waals surface area contributed by atoms with Gasteiger partial charge in [-0.25, -0.2) is 0 Å². The lowest BCUT2D eigenvalue weighted by Gasteiger charge is -2.15. The van der Waals surface area contributed by atoms with Crippen molar-refractivity contribution in [1.82, 2.24) is 0 Å². The van der Waals surface area contributed by atoms with Gasteiger partial charge in [-0.15, -0.1) is 0 Å². The van der Waals surface area contributed by atoms with Gasteiger partial charge >= 0.3 is 0 Å². The third-order valence-corrected chi connectivity index (χ3v) is 5.33. The summed E-state index contributed by atoms with van der Waals surface area (Å²) in [4.78, 5) is 0. The first-order valence-electron chi connectivity index (χ1n) is 10.7. The summed E-state index contributed by atoms with van der Waals surface area (Å²) in [5, 5.41) is 18.6. The predicted octanol–water partition coefficient (Wildman–Crippen LogP) is 5.37. The smallest absolute Gasteiger partial charge is 0.0579 e. The van der Waals surface area contributed by atoms with E-state index in [0.29, 0.717) is 18.6 Å². The Balaban J connectivity index is 1.90. The average Bonchev–Trinajstić information content (AvgIpc) is 3.03. The highest BCUT2D eigenvalue weighted by atomic mass is 16.5. The quantitative estimate of drug-likeness (QED) is 0.371. The molecular weight excluding hydrogens is 300 g/mol. The van der Waals surface area contributed by atoms with Gasteiger partial charge in [0.05, 0.1) is 18.3 Å². The number of aliphatic hydroxyl groups excluding tert-OH is 2. The van der Waals surface area contributed by atoms with Gasteiger partial charge in [0.25, 0.3) is 0 Å². The Morgan fingerprint density at radius 3 is 1.96 bits per heavy atom. The lowest BCUT2D eigenvalue weighted by atomic mass is 10.0. The highest BCUT2D eigenvalue weighted by Crippen LogP contribution is 2.27. The van der Waals surface area contributed by atoms with Crippen molar-refractivity contribution in [2.24, 2.45) is 0 Å². The fourth-order valence-electron chi connectivity index (χ4n) is 3.76. The Morgan fingerprint density at radius 2 is 1.33 bits per heavy atom. The number of rotatable bonds is 16. The molecular formula is C21H42O3. The molecule has 144 valence electrons. The SMILES string of the molecule is CCCCCCCCCC[C@H]1CC[C@@H](CCC[C@H](O)CCCO)O1. The maximum Gasteiger partial charge on any atom is 0.0579 e. The fourth-order valence-corrected chi connectivity index (χ4v) is 3.76. The van der Waals surface area contributed by atoms with E-state index < -0.39 is 0 Å². The first-order chi connectivity index (χ1) is 11.8. The molecule has 3 heteroatoms. The van der Waals surface area contributed by atoms with Gasteiger partial charge in [-0.2, -0.15) is 0 Å². The molecule has 0 saturated carbocycles. The molecule has 1 heterocycles. The van der Waals surface area contributed by atoms with Gasteiger partial charge in [0.1, 0.15) is 0 Å². The molecule has 3 nitrogen and oxygen atoms in total. The monoisotopic (exact) mass is 342 g/mol. The summed E-state index contributed by atoms with van der Waals surface area (Å²) >= 11 is 0. The standard InChI is InChI=1S/C21H42O3/c1-2-3-4-5-6-7-8-9-14-20-16-17-21(24-20)15-10-12-19(23)13-11-18-22/h19-23H,2-18H2,1H3/t19-,20-,21+/m0/s1. The summed E-state index contributed by atoms with van der Waals surface area (Å²) in [5.74, 6) is 0. The topological polar surface area (TPSA) is 49.7 Å². The second-order valence-corrected chi connectivity index (χ2v) is 7.67. The van der Waals surface area contributed by atoms with E-state index >= 15 is 0 Å². The Kier molecular flexibility index (Phi) is 13.8. The third kappa shape index (κ3) is 11.4. The number of unbranched alkanes of at least 4 members (excludes halogenated alkanes) is 7. The summed E-state index contributed by atoms with van der Waals surface area (Å²) in [5.41, 5.74) is 0. The second-order valence-electron chi connectivity index (χ2n) is 7.67. The molecule has 0 aromatic carbocycles. The van der Waals surface area contributed by atoms with Crippen LogP contribution in [0.1, 0.15) is 110 Å². The number of ether oxygens (including phenoxy) is 1. The Hall–Kier alpha value is -0.120. The highest BCUT2D eigenvalue weighted by Gasteiger charge is 2.24. The Labute approximate surface area is 150 Å². The van der Waals surface area contributed by atoms with Crippen LogP contribution in [0.3, 0.4) is 0 Å². The second kappa shape index (κ2) is 15.2. The summed E-state index contributed by atoms with van der Waals surface area (Å²) < 4.78 is 6.16. The summed E-state index contributed by atoms with van der Waals surface area (Å²) in [6.07, 6.45) is 19.8. The largest absolute Gasteiger partial charge is 0.396 e. The lowest BCUT2D eigenvalue weighted by Crippen LogP contribution is -2.13. The van der Waals surface area contributed by atoms with Gasteiger partial charge < -0.3 is 14.9 Å². The number of hydrogen-bond donors (Lipinski definition) is 2. The minimum absolute atomic E-state index is 0.184. The number of hydrogen-bond acceptors (Lipinski definition) is 3. The Morgan fingerprint density at radius 1 is 0.792 bits per heavy atom. The Bertz CT molecular complexity index is 270. The van der Waals surface area contributed by atoms with Crippen molar-refractivity contribution < 1.29 is 14.9 Å². The van der Waals surface area contributed by atoms with Crippen molar-refractivity contribution in [1.29, 1.82) is 0 Å². The third-order valence-electron chi connectivity index (χ3n) is 5.33. The van der Waals surface area contributed by atoms with Crippen LogP contribution in [-0.4, -0.2) is 35.1 Å². The predicted molar refractivity (Wildman–Crippen MR) is 101 cm³/mol. The molecule has 3 atom stereocenters. The van der Waals surface area contributed by atoms with E-state index in [2.05, 4.69) is 6.92 Å². The summed E-state index contributed by atoms with van der Waals surface area (Å²) in [6.45, 7) is 2.46. The maximum atomic E-state index is 9.79. The average molecular weight is 343 g/mol. The molecule has 0 amide bonds. The normalized spacial score (nSPS) is 22.1. The van der Waals surface area contributed by atoms with Crippen LogP contribution in [0.4, 0.5) is 0 Å². The van der Waals surface area contributed by atoms with E-state index in [1.807, 2.05) is 0 Å². The molecule has 1 aliphatic heterocycles. The van der Waals surface area contributed by atoms with Crippen molar-refractivity contribution in [3.8, 4) is 0 Å². The zero-order valence-corrected chi connectivity index (χ0v) is 16.1. The van der Waals surface area contributed by atoms with Gasteiger partial charge in [-0.3, -0.25) is 0 Å². The van der Waals surface area contributed by atoms with Crippen LogP contribution in [0.25, 0.3) is 0 Å². The molecule has 1 fully saturated rings. The zero-order valence-electron chi connectivity index (χ0n) is 16.1. The molecule has 0 aromatic heterocycles. The molecule has 0 spiro atoms. The summed E-state index contributed by atoms with van der Waals surface area (Å²) in [7, 11) is 0. The van der Waals surface area contributed by atoms with Crippen LogP contribution in [0.5, 0.6) is 0 Å². The van der Waals surface area contributed by atoms with E-state index in [1.54, 1.807) is 0 Å². The van der Waals surface area contributed by atoms with Gasteiger partial charge in [0.2, 0.25) is 0 Å². The van der Waals surface area contributed by atoms with Gasteiger partial charge in [-0.05, 0) is 51.4 Å². The molecule has 0 aliphatic carbocycles. The van der Waals surface area contributed by atoms with Crippen molar-refractivity contribution >= 4 is 0 Å². The van der Waals surface area contributed by atoms with Crippen molar-refractivity contribution in [3.63, 3.8) is 0 Å². The van der Waals surface area contributed by atoms with Crippen molar-refractivity contribution in [2.45, 2.75) is 128 Å². The molecule has 1 saturated heterocycles. The van der Waals surface area contributed by atoms with Gasteiger partial charge in [0, 0.05) is 6.61 Å². The highest BCUT2D eigenvalue weighted by molar-refractivity contribution is 4.74. The van der Waals surface area contributed by atoms with Crippen LogP contribution in [-0.2, 0) is 4.74 Å². The molecule has 0 aromatic rings. The molecule has 2 N–H and O–H groups in total. The van der Waals surface area contributed by atoms with E-state index in [9.17, 15) is 5.11 Å². The minimum atomic E-state index is -0.244. The first kappa shape index (κ1) is 21.9. The van der Waals surface area contributed by atoms with E-state index in [-0.39, 0.29) is 12.7 Å². The van der Waals surface area contributed by atoms with Crippen LogP contribution >= 0.6 is 0 Å². The van der Waals surface area contributed by atoms with Crippen molar-refractivity contribution in [2.75, 3.05) is 6.61 Å². The first-order valence-corrected chi connectivity index (χ1v) is 10.7. The van der Waals surface area contributed by atoms with Gasteiger partial charge in [-0.1, -0.05) is 58.3 Å². The number of aliphatic hydroxyl groups is 2. The maximum absolute atomic E-state index is 9.79. The van der Waals surface area contributed by atoms with E-state index in [4.69, 9.17) is 9.84 Å². The van der Waals surface area contributed by atoms with Crippen LogP contribution in [0.15, 0.2) is 0 Å². The van der Waals surface area contributed by atoms with Crippen LogP contribution in [0.2, 0.25) is 0 Å². The van der Waals surface area contributed by atoms with E-state index in [0.717, 1.165) is 25.7 Å². The minimum Gasteiger partial charge on any atom is -0.396 e. The zero-order chi connectivity index (χ0) is 17.5. The molecule has 0 unspecified atom stereocenters. The lowest BCUT2D eigenvalue weighted by molar-refractivity contribution is 0.0310. The van der Waals surface area contributed by atoms with Crippen LogP contribution < -0.4 is 0 Å². The molecule has 0 radical (unpaired) electrons. The molecule has 0 bridgehead atoms. The van der Waals surface area contributed by atoms with Crippen molar-refractivity contribution in [3.05, 3.63) is 0 Å². The fraction of sp³-hybridized carbons (Fsp3) is 1.00.